The Morgan fingerprint density at radius 3 is 2.80 bits per heavy atom. The van der Waals surface area contributed by atoms with Crippen LogP contribution in [-0.4, -0.2) is 23.5 Å². The standard InChI is InChI=1S/C15H12BrNO3/c1-15-6-5-10(20-15)11-12(15)14(19)17(13(11)18)9-4-2-3-8(16)7-9/h2-7,10-12H,1H3/t10-,11+,12+,15-/m0/s1. The quantitative estimate of drug-likeness (QED) is 0.585. The lowest BCUT2D eigenvalue weighted by Gasteiger charge is -2.24. The van der Waals surface area contributed by atoms with Gasteiger partial charge in [0.1, 0.15) is 0 Å². The molecule has 2 bridgehead atoms. The first-order chi connectivity index (χ1) is 9.51. The summed E-state index contributed by atoms with van der Waals surface area (Å²) in [6.45, 7) is 1.88. The van der Waals surface area contributed by atoms with Crippen LogP contribution in [-0.2, 0) is 14.3 Å². The van der Waals surface area contributed by atoms with Gasteiger partial charge < -0.3 is 4.74 Å². The van der Waals surface area contributed by atoms with E-state index < -0.39 is 11.5 Å². The lowest BCUT2D eigenvalue weighted by atomic mass is 9.78. The molecular weight excluding hydrogens is 322 g/mol. The van der Waals surface area contributed by atoms with Crippen LogP contribution < -0.4 is 4.90 Å². The van der Waals surface area contributed by atoms with Crippen LogP contribution in [0.2, 0.25) is 0 Å². The summed E-state index contributed by atoms with van der Waals surface area (Å²) in [5.74, 6) is -1.09. The maximum absolute atomic E-state index is 12.7. The Balaban J connectivity index is 1.79. The number of anilines is 1. The number of hydrogen-bond donors (Lipinski definition) is 0. The van der Waals surface area contributed by atoms with E-state index in [1.54, 1.807) is 12.1 Å². The molecule has 2 fully saturated rings. The molecule has 1 aromatic carbocycles. The topological polar surface area (TPSA) is 46.6 Å². The third-order valence-corrected chi connectivity index (χ3v) is 4.89. The van der Waals surface area contributed by atoms with Gasteiger partial charge in [-0.25, -0.2) is 4.90 Å². The van der Waals surface area contributed by atoms with Gasteiger partial charge in [0, 0.05) is 4.47 Å². The number of imide groups is 1. The van der Waals surface area contributed by atoms with Gasteiger partial charge >= 0.3 is 0 Å². The zero-order valence-corrected chi connectivity index (χ0v) is 12.3. The van der Waals surface area contributed by atoms with Crippen molar-refractivity contribution < 1.29 is 14.3 Å². The molecule has 5 heteroatoms. The Hall–Kier alpha value is -1.46. The molecular formula is C15H12BrNO3. The molecule has 2 amide bonds. The molecule has 0 aromatic heterocycles. The lowest BCUT2D eigenvalue weighted by molar-refractivity contribution is -0.126. The zero-order valence-electron chi connectivity index (χ0n) is 10.7. The molecule has 0 spiro atoms. The molecule has 4 rings (SSSR count). The molecule has 0 aliphatic carbocycles. The molecule has 0 N–H and O–H groups in total. The number of fused-ring (bicyclic) bond motifs is 5. The number of rotatable bonds is 1. The van der Waals surface area contributed by atoms with Crippen LogP contribution in [0.15, 0.2) is 40.9 Å². The number of amides is 2. The smallest absolute Gasteiger partial charge is 0.241 e. The van der Waals surface area contributed by atoms with E-state index in [9.17, 15) is 9.59 Å². The Morgan fingerprint density at radius 1 is 1.30 bits per heavy atom. The van der Waals surface area contributed by atoms with Crippen LogP contribution in [0.3, 0.4) is 0 Å². The fraction of sp³-hybridized carbons (Fsp3) is 0.333. The maximum Gasteiger partial charge on any atom is 0.241 e. The fourth-order valence-corrected chi connectivity index (χ4v) is 3.91. The summed E-state index contributed by atoms with van der Waals surface area (Å²) in [5.41, 5.74) is -0.0187. The molecule has 0 radical (unpaired) electrons. The maximum atomic E-state index is 12.7. The van der Waals surface area contributed by atoms with Crippen molar-refractivity contribution >= 4 is 33.4 Å². The normalized spacial score (nSPS) is 37.9. The first-order valence-electron chi connectivity index (χ1n) is 6.52. The third kappa shape index (κ3) is 1.39. The molecule has 2 saturated heterocycles. The summed E-state index contributed by atoms with van der Waals surface area (Å²) in [5, 5.41) is 0. The third-order valence-electron chi connectivity index (χ3n) is 4.40. The van der Waals surface area contributed by atoms with E-state index in [1.165, 1.54) is 4.90 Å². The number of hydrogen-bond acceptors (Lipinski definition) is 3. The molecule has 3 heterocycles. The molecule has 1 aromatic rings. The predicted octanol–water partition coefficient (Wildman–Crippen LogP) is 2.28. The highest BCUT2D eigenvalue weighted by Crippen LogP contribution is 2.52. The van der Waals surface area contributed by atoms with Crippen molar-refractivity contribution in [2.75, 3.05) is 4.90 Å². The summed E-state index contributed by atoms with van der Waals surface area (Å²) in [6.07, 6.45) is 3.55. The SMILES string of the molecule is C[C@@]12C=C[C@H](O1)[C@H]1C(=O)N(c3cccc(Br)c3)C(=O)[C@@H]12. The summed E-state index contributed by atoms with van der Waals surface area (Å²) in [4.78, 5) is 26.6. The average Bonchev–Trinajstić information content (AvgIpc) is 2.99. The summed E-state index contributed by atoms with van der Waals surface area (Å²) in [6, 6.07) is 7.25. The Morgan fingerprint density at radius 2 is 2.10 bits per heavy atom. The van der Waals surface area contributed by atoms with Gasteiger partial charge in [-0.3, -0.25) is 9.59 Å². The second-order valence-corrected chi connectivity index (χ2v) is 6.54. The number of halogens is 1. The number of carbonyl (C=O) groups excluding carboxylic acids is 2. The Bertz CT molecular complexity index is 671. The van der Waals surface area contributed by atoms with E-state index in [-0.39, 0.29) is 23.8 Å². The summed E-state index contributed by atoms with van der Waals surface area (Å²) >= 11 is 3.37. The largest absolute Gasteiger partial charge is 0.362 e. The minimum Gasteiger partial charge on any atom is -0.362 e. The number of benzene rings is 1. The van der Waals surface area contributed by atoms with Crippen molar-refractivity contribution in [2.24, 2.45) is 11.8 Å². The summed E-state index contributed by atoms with van der Waals surface area (Å²) < 4.78 is 6.63. The predicted molar refractivity (Wildman–Crippen MR) is 76.0 cm³/mol. The first-order valence-corrected chi connectivity index (χ1v) is 7.31. The fourth-order valence-electron chi connectivity index (χ4n) is 3.52. The van der Waals surface area contributed by atoms with Crippen LogP contribution in [0.5, 0.6) is 0 Å². The summed E-state index contributed by atoms with van der Waals surface area (Å²) in [7, 11) is 0. The van der Waals surface area contributed by atoms with E-state index in [2.05, 4.69) is 15.9 Å². The van der Waals surface area contributed by atoms with Crippen molar-refractivity contribution in [3.8, 4) is 0 Å². The van der Waals surface area contributed by atoms with Crippen LogP contribution in [0.25, 0.3) is 0 Å². The van der Waals surface area contributed by atoms with Gasteiger partial charge in [-0.05, 0) is 25.1 Å². The average molecular weight is 334 g/mol. The van der Waals surface area contributed by atoms with Crippen molar-refractivity contribution in [3.63, 3.8) is 0 Å². The molecule has 4 atom stereocenters. The zero-order chi connectivity index (χ0) is 14.1. The van der Waals surface area contributed by atoms with Gasteiger partial charge in [-0.2, -0.15) is 0 Å². The highest BCUT2D eigenvalue weighted by atomic mass is 79.9. The second kappa shape index (κ2) is 3.80. The van der Waals surface area contributed by atoms with Crippen LogP contribution in [0, 0.1) is 11.8 Å². The monoisotopic (exact) mass is 333 g/mol. The number of nitrogens with zero attached hydrogens (tertiary/aromatic N) is 1. The van der Waals surface area contributed by atoms with Crippen LogP contribution >= 0.6 is 15.9 Å². The first kappa shape index (κ1) is 12.3. The molecule has 0 unspecified atom stereocenters. The number of ether oxygens (including phenoxy) is 1. The van der Waals surface area contributed by atoms with Gasteiger partial charge in [-0.15, -0.1) is 0 Å². The van der Waals surface area contributed by atoms with E-state index in [0.717, 1.165) is 4.47 Å². The van der Waals surface area contributed by atoms with Crippen molar-refractivity contribution in [3.05, 3.63) is 40.9 Å². The van der Waals surface area contributed by atoms with E-state index >= 15 is 0 Å². The van der Waals surface area contributed by atoms with Gasteiger partial charge in [0.25, 0.3) is 0 Å². The Labute approximate surface area is 124 Å². The molecule has 0 saturated carbocycles. The van der Waals surface area contributed by atoms with Gasteiger partial charge in [0.05, 0.1) is 29.2 Å². The van der Waals surface area contributed by atoms with Crippen LogP contribution in [0.4, 0.5) is 5.69 Å². The highest BCUT2D eigenvalue weighted by molar-refractivity contribution is 9.10. The number of carbonyl (C=O) groups is 2. The molecule has 3 aliphatic rings. The minimum absolute atomic E-state index is 0.156. The Kier molecular flexibility index (Phi) is 2.34. The highest BCUT2D eigenvalue weighted by Gasteiger charge is 2.65. The van der Waals surface area contributed by atoms with Crippen molar-refractivity contribution in [1.29, 1.82) is 0 Å². The van der Waals surface area contributed by atoms with E-state index in [0.29, 0.717) is 5.69 Å². The van der Waals surface area contributed by atoms with Crippen LogP contribution in [0.1, 0.15) is 6.92 Å². The van der Waals surface area contributed by atoms with E-state index in [4.69, 9.17) is 4.74 Å². The van der Waals surface area contributed by atoms with Crippen molar-refractivity contribution in [2.45, 2.75) is 18.6 Å². The van der Waals surface area contributed by atoms with E-state index in [1.807, 2.05) is 31.2 Å². The molecule has 102 valence electrons. The molecule has 4 nitrogen and oxygen atoms in total. The second-order valence-electron chi connectivity index (χ2n) is 5.62. The van der Waals surface area contributed by atoms with Gasteiger partial charge in [0.2, 0.25) is 11.8 Å². The minimum atomic E-state index is -0.636. The van der Waals surface area contributed by atoms with Gasteiger partial charge in [0.15, 0.2) is 0 Å². The van der Waals surface area contributed by atoms with Crippen molar-refractivity contribution in [1.82, 2.24) is 0 Å². The van der Waals surface area contributed by atoms with Gasteiger partial charge in [-0.1, -0.05) is 34.1 Å². The molecule has 3 aliphatic heterocycles. The molecule has 20 heavy (non-hydrogen) atoms. The lowest BCUT2D eigenvalue weighted by Crippen LogP contribution is -2.38.